The summed E-state index contributed by atoms with van der Waals surface area (Å²) in [4.78, 5) is 12.2. The first-order valence-corrected chi connectivity index (χ1v) is 11.7. The second kappa shape index (κ2) is 7.85. The van der Waals surface area contributed by atoms with Crippen molar-refractivity contribution in [3.05, 3.63) is 10.4 Å². The van der Waals surface area contributed by atoms with E-state index >= 15 is 0 Å². The molecule has 2 atom stereocenters. The van der Waals surface area contributed by atoms with Crippen LogP contribution in [0.4, 0.5) is 5.82 Å². The largest absolute Gasteiger partial charge is 0.376 e. The zero-order chi connectivity index (χ0) is 19.0. The topological polar surface area (TPSA) is 56.3 Å². The average Bonchev–Trinajstić information content (AvgIpc) is 3.26. The van der Waals surface area contributed by atoms with E-state index in [-0.39, 0.29) is 11.7 Å². The number of ether oxygens (including phenoxy) is 2. The molecular weight excluding hydrogens is 378 g/mol. The van der Waals surface area contributed by atoms with Gasteiger partial charge in [-0.3, -0.25) is 0 Å². The Balaban J connectivity index is 1.73. The number of fused-ring (bicyclic) bond motifs is 3. The van der Waals surface area contributed by atoms with Gasteiger partial charge in [-0.2, -0.15) is 0 Å². The maximum atomic E-state index is 6.16. The van der Waals surface area contributed by atoms with Crippen molar-refractivity contribution in [1.82, 2.24) is 9.97 Å². The molecule has 5 nitrogen and oxygen atoms in total. The standard InChI is InChI=1S/C20H29N3O2S2/c1-5-20(4)9-14-15(11-25-20)27-18-16(14)17(21-10-13-7-6-8-24-13)22-19(23-18)26-12(2)3/h12-13H,5-11H2,1-4H3,(H,21,22,23). The number of nitrogens with zero attached hydrogens (tertiary/aromatic N) is 2. The Morgan fingerprint density at radius 1 is 1.37 bits per heavy atom. The first-order valence-electron chi connectivity index (χ1n) is 9.96. The Morgan fingerprint density at radius 2 is 2.22 bits per heavy atom. The number of thioether (sulfide) groups is 1. The summed E-state index contributed by atoms with van der Waals surface area (Å²) in [6, 6.07) is 0. The van der Waals surface area contributed by atoms with Crippen LogP contribution in [0, 0.1) is 0 Å². The fourth-order valence-electron chi connectivity index (χ4n) is 3.69. The Labute approximate surface area is 169 Å². The van der Waals surface area contributed by atoms with Crippen molar-refractivity contribution < 1.29 is 9.47 Å². The van der Waals surface area contributed by atoms with Crippen LogP contribution in [-0.4, -0.2) is 40.1 Å². The zero-order valence-electron chi connectivity index (χ0n) is 16.6. The maximum Gasteiger partial charge on any atom is 0.191 e. The molecule has 2 aromatic rings. The molecule has 2 unspecified atom stereocenters. The number of anilines is 1. The summed E-state index contributed by atoms with van der Waals surface area (Å²) in [5.74, 6) is 0.969. The minimum atomic E-state index is -0.0990. The molecule has 2 aliphatic heterocycles. The van der Waals surface area contributed by atoms with Crippen molar-refractivity contribution in [3.8, 4) is 0 Å². The third-order valence-electron chi connectivity index (χ3n) is 5.43. The van der Waals surface area contributed by atoms with Gasteiger partial charge in [0.15, 0.2) is 5.16 Å². The summed E-state index contributed by atoms with van der Waals surface area (Å²) in [5, 5.41) is 6.10. The molecule has 0 bridgehead atoms. The normalized spacial score (nSPS) is 25.3. The molecule has 4 rings (SSSR count). The van der Waals surface area contributed by atoms with Crippen molar-refractivity contribution in [2.75, 3.05) is 18.5 Å². The molecule has 1 saturated heterocycles. The van der Waals surface area contributed by atoms with Crippen LogP contribution in [0.5, 0.6) is 0 Å². The van der Waals surface area contributed by atoms with Crippen LogP contribution in [0.3, 0.4) is 0 Å². The summed E-state index contributed by atoms with van der Waals surface area (Å²) in [5.41, 5.74) is 1.28. The lowest BCUT2D eigenvalue weighted by Crippen LogP contribution is -2.34. The fraction of sp³-hybridized carbons (Fsp3) is 0.700. The van der Waals surface area contributed by atoms with Gasteiger partial charge >= 0.3 is 0 Å². The fourth-order valence-corrected chi connectivity index (χ4v) is 5.56. The molecule has 4 heterocycles. The summed E-state index contributed by atoms with van der Waals surface area (Å²) in [6.45, 7) is 11.1. The minimum Gasteiger partial charge on any atom is -0.376 e. The second-order valence-electron chi connectivity index (χ2n) is 7.99. The molecule has 1 N–H and O–H groups in total. The number of rotatable bonds is 6. The number of hydrogen-bond acceptors (Lipinski definition) is 7. The monoisotopic (exact) mass is 407 g/mol. The maximum absolute atomic E-state index is 6.16. The van der Waals surface area contributed by atoms with Crippen LogP contribution in [-0.2, 0) is 22.5 Å². The number of hydrogen-bond donors (Lipinski definition) is 1. The van der Waals surface area contributed by atoms with Gasteiger partial charge in [0.2, 0.25) is 0 Å². The van der Waals surface area contributed by atoms with Gasteiger partial charge in [0.25, 0.3) is 0 Å². The van der Waals surface area contributed by atoms with E-state index in [4.69, 9.17) is 19.4 Å². The Kier molecular flexibility index (Phi) is 5.65. The molecule has 148 valence electrons. The highest BCUT2D eigenvalue weighted by Crippen LogP contribution is 2.42. The Hall–Kier alpha value is -0.890. The van der Waals surface area contributed by atoms with E-state index in [1.165, 1.54) is 15.8 Å². The SMILES string of the molecule is CCC1(C)Cc2c(sc3nc(SC(C)C)nc(NCC4CCCO4)c23)CO1. The van der Waals surface area contributed by atoms with Crippen LogP contribution in [0.25, 0.3) is 10.2 Å². The van der Waals surface area contributed by atoms with Gasteiger partial charge in [0, 0.05) is 29.7 Å². The van der Waals surface area contributed by atoms with E-state index < -0.39 is 0 Å². The van der Waals surface area contributed by atoms with Crippen molar-refractivity contribution in [2.45, 2.75) is 82.1 Å². The third kappa shape index (κ3) is 4.11. The van der Waals surface area contributed by atoms with Crippen LogP contribution < -0.4 is 5.32 Å². The molecule has 0 saturated carbocycles. The quantitative estimate of drug-likeness (QED) is 0.536. The first-order chi connectivity index (χ1) is 13.0. The zero-order valence-corrected chi connectivity index (χ0v) is 18.3. The molecular formula is C20H29N3O2S2. The highest BCUT2D eigenvalue weighted by molar-refractivity contribution is 7.99. The summed E-state index contributed by atoms with van der Waals surface area (Å²) in [7, 11) is 0. The molecule has 27 heavy (non-hydrogen) atoms. The predicted molar refractivity (Wildman–Crippen MR) is 113 cm³/mol. The van der Waals surface area contributed by atoms with E-state index in [1.54, 1.807) is 23.1 Å². The van der Waals surface area contributed by atoms with Crippen LogP contribution in [0.1, 0.15) is 57.4 Å². The van der Waals surface area contributed by atoms with Gasteiger partial charge in [-0.15, -0.1) is 11.3 Å². The highest BCUT2D eigenvalue weighted by Gasteiger charge is 2.33. The van der Waals surface area contributed by atoms with Gasteiger partial charge in [-0.1, -0.05) is 32.5 Å². The van der Waals surface area contributed by atoms with Crippen molar-refractivity contribution in [2.24, 2.45) is 0 Å². The lowest BCUT2D eigenvalue weighted by molar-refractivity contribution is -0.0542. The molecule has 1 fully saturated rings. The second-order valence-corrected chi connectivity index (χ2v) is 10.6. The molecule has 0 spiro atoms. The van der Waals surface area contributed by atoms with E-state index in [2.05, 4.69) is 33.0 Å². The average molecular weight is 408 g/mol. The smallest absolute Gasteiger partial charge is 0.191 e. The summed E-state index contributed by atoms with van der Waals surface area (Å²) in [6.07, 6.45) is 4.49. The van der Waals surface area contributed by atoms with Crippen LogP contribution in [0.2, 0.25) is 0 Å². The van der Waals surface area contributed by atoms with E-state index in [1.807, 2.05) is 0 Å². The number of nitrogens with one attached hydrogen (secondary N) is 1. The Bertz CT molecular complexity index is 817. The highest BCUT2D eigenvalue weighted by atomic mass is 32.2. The molecule has 0 aromatic carbocycles. The van der Waals surface area contributed by atoms with Gasteiger partial charge in [0.1, 0.15) is 10.6 Å². The van der Waals surface area contributed by atoms with Gasteiger partial charge in [-0.25, -0.2) is 9.97 Å². The molecule has 0 radical (unpaired) electrons. The Morgan fingerprint density at radius 3 is 2.93 bits per heavy atom. The van der Waals surface area contributed by atoms with E-state index in [0.29, 0.717) is 11.9 Å². The van der Waals surface area contributed by atoms with Gasteiger partial charge in [-0.05, 0) is 31.7 Å². The third-order valence-corrected chi connectivity index (χ3v) is 7.39. The molecule has 7 heteroatoms. The van der Waals surface area contributed by atoms with E-state index in [0.717, 1.165) is 54.6 Å². The van der Waals surface area contributed by atoms with Gasteiger partial charge < -0.3 is 14.8 Å². The van der Waals surface area contributed by atoms with Gasteiger partial charge in [0.05, 0.1) is 23.7 Å². The number of aromatic nitrogens is 2. The molecule has 2 aromatic heterocycles. The minimum absolute atomic E-state index is 0.0990. The van der Waals surface area contributed by atoms with Crippen molar-refractivity contribution in [3.63, 3.8) is 0 Å². The molecule has 0 amide bonds. The van der Waals surface area contributed by atoms with E-state index in [9.17, 15) is 0 Å². The lowest BCUT2D eigenvalue weighted by Gasteiger charge is -2.33. The lowest BCUT2D eigenvalue weighted by atomic mass is 9.90. The van der Waals surface area contributed by atoms with Crippen LogP contribution >= 0.6 is 23.1 Å². The summed E-state index contributed by atoms with van der Waals surface area (Å²) < 4.78 is 12.0. The predicted octanol–water partition coefficient (Wildman–Crippen LogP) is 5.02. The van der Waals surface area contributed by atoms with Crippen molar-refractivity contribution >= 4 is 39.1 Å². The molecule has 2 aliphatic rings. The van der Waals surface area contributed by atoms with Crippen molar-refractivity contribution in [1.29, 1.82) is 0 Å². The van der Waals surface area contributed by atoms with Crippen LogP contribution in [0.15, 0.2) is 5.16 Å². The summed E-state index contributed by atoms with van der Waals surface area (Å²) >= 11 is 3.48. The first kappa shape index (κ1) is 19.4. The molecule has 0 aliphatic carbocycles. The number of thiophene rings is 1.